The first-order valence-electron chi connectivity index (χ1n) is 8.24. The predicted molar refractivity (Wildman–Crippen MR) is 88.3 cm³/mol. The van der Waals surface area contributed by atoms with Gasteiger partial charge in [0.2, 0.25) is 0 Å². The maximum Gasteiger partial charge on any atom is 0.261 e. The Hall–Kier alpha value is -1.68. The predicted octanol–water partition coefficient (Wildman–Crippen LogP) is 3.36. The normalized spacial score (nSPS) is 18.2. The second-order valence-electron chi connectivity index (χ2n) is 6.28. The molecule has 1 aromatic heterocycles. The van der Waals surface area contributed by atoms with E-state index in [2.05, 4.69) is 4.98 Å². The summed E-state index contributed by atoms with van der Waals surface area (Å²) in [4.78, 5) is 17.0. The van der Waals surface area contributed by atoms with Crippen molar-refractivity contribution in [2.75, 3.05) is 6.61 Å². The van der Waals surface area contributed by atoms with E-state index in [1.165, 1.54) is 18.4 Å². The third-order valence-electron chi connectivity index (χ3n) is 4.72. The molecule has 0 bridgehead atoms. The molecule has 1 saturated heterocycles. The van der Waals surface area contributed by atoms with Crippen LogP contribution in [0.1, 0.15) is 43.2 Å². The van der Waals surface area contributed by atoms with E-state index in [9.17, 15) is 4.79 Å². The minimum Gasteiger partial charge on any atom is -0.378 e. The van der Waals surface area contributed by atoms with E-state index in [1.54, 1.807) is 10.9 Å². The highest BCUT2D eigenvalue weighted by Crippen LogP contribution is 2.18. The molecule has 2 aromatic rings. The van der Waals surface area contributed by atoms with Crippen LogP contribution >= 0.6 is 0 Å². The molecule has 0 spiro atoms. The SMILES string of the molecule is Cc1ccc2c(=O)n(CCCC[C@H]3CCCO3)cnc2c1C. The number of benzene rings is 1. The second kappa shape index (κ2) is 6.61. The van der Waals surface area contributed by atoms with Gasteiger partial charge in [-0.3, -0.25) is 9.36 Å². The van der Waals surface area contributed by atoms with Crippen molar-refractivity contribution in [2.45, 2.75) is 58.6 Å². The molecule has 0 N–H and O–H groups in total. The zero-order chi connectivity index (χ0) is 15.5. The first kappa shape index (κ1) is 15.2. The molecular weight excluding hydrogens is 276 g/mol. The van der Waals surface area contributed by atoms with Gasteiger partial charge in [0.25, 0.3) is 5.56 Å². The van der Waals surface area contributed by atoms with Gasteiger partial charge in [-0.2, -0.15) is 0 Å². The number of aryl methyl sites for hydroxylation is 3. The highest BCUT2D eigenvalue weighted by Gasteiger charge is 2.14. The Morgan fingerprint density at radius 2 is 2.18 bits per heavy atom. The Morgan fingerprint density at radius 1 is 1.32 bits per heavy atom. The molecule has 22 heavy (non-hydrogen) atoms. The van der Waals surface area contributed by atoms with Crippen molar-refractivity contribution in [3.63, 3.8) is 0 Å². The van der Waals surface area contributed by atoms with E-state index >= 15 is 0 Å². The molecule has 0 saturated carbocycles. The molecule has 3 rings (SSSR count). The summed E-state index contributed by atoms with van der Waals surface area (Å²) in [5.41, 5.74) is 3.18. The van der Waals surface area contributed by atoms with Crippen LogP contribution in [0, 0.1) is 13.8 Å². The molecule has 0 unspecified atom stereocenters. The van der Waals surface area contributed by atoms with E-state index in [1.807, 2.05) is 26.0 Å². The van der Waals surface area contributed by atoms with Gasteiger partial charge in [-0.05, 0) is 63.1 Å². The van der Waals surface area contributed by atoms with Crippen molar-refractivity contribution < 1.29 is 4.74 Å². The fourth-order valence-electron chi connectivity index (χ4n) is 3.16. The summed E-state index contributed by atoms with van der Waals surface area (Å²) in [6.07, 6.45) is 7.72. The van der Waals surface area contributed by atoms with Gasteiger partial charge in [-0.1, -0.05) is 6.07 Å². The number of ether oxygens (including phenoxy) is 1. The molecule has 1 fully saturated rings. The number of hydrogen-bond donors (Lipinski definition) is 0. The summed E-state index contributed by atoms with van der Waals surface area (Å²) in [6.45, 7) is 5.72. The number of unbranched alkanes of at least 4 members (excludes halogenated alkanes) is 1. The maximum atomic E-state index is 12.5. The first-order valence-corrected chi connectivity index (χ1v) is 8.24. The average molecular weight is 300 g/mol. The van der Waals surface area contributed by atoms with Gasteiger partial charge in [0.15, 0.2) is 0 Å². The first-order chi connectivity index (χ1) is 10.7. The summed E-state index contributed by atoms with van der Waals surface area (Å²) in [6, 6.07) is 3.90. The van der Waals surface area contributed by atoms with Gasteiger partial charge in [-0.15, -0.1) is 0 Å². The Labute approximate surface area is 131 Å². The average Bonchev–Trinajstić information content (AvgIpc) is 3.03. The summed E-state index contributed by atoms with van der Waals surface area (Å²) >= 11 is 0. The second-order valence-corrected chi connectivity index (χ2v) is 6.28. The molecule has 4 nitrogen and oxygen atoms in total. The molecule has 2 heterocycles. The summed E-state index contributed by atoms with van der Waals surface area (Å²) in [5, 5.41) is 0.727. The van der Waals surface area contributed by atoms with Crippen molar-refractivity contribution in [3.8, 4) is 0 Å². The van der Waals surface area contributed by atoms with E-state index in [-0.39, 0.29) is 5.56 Å². The van der Waals surface area contributed by atoms with Crippen molar-refractivity contribution in [3.05, 3.63) is 39.9 Å². The van der Waals surface area contributed by atoms with Crippen LogP contribution in [0.15, 0.2) is 23.3 Å². The molecule has 1 aromatic carbocycles. The lowest BCUT2D eigenvalue weighted by atomic mass is 10.1. The van der Waals surface area contributed by atoms with Crippen LogP contribution in [-0.4, -0.2) is 22.3 Å². The molecule has 118 valence electrons. The van der Waals surface area contributed by atoms with Crippen molar-refractivity contribution in [2.24, 2.45) is 0 Å². The van der Waals surface area contributed by atoms with Crippen LogP contribution in [-0.2, 0) is 11.3 Å². The van der Waals surface area contributed by atoms with Crippen LogP contribution in [0.3, 0.4) is 0 Å². The highest BCUT2D eigenvalue weighted by atomic mass is 16.5. The minimum atomic E-state index is 0.0743. The lowest BCUT2D eigenvalue weighted by Crippen LogP contribution is -2.21. The molecule has 1 atom stereocenters. The molecule has 1 aliphatic heterocycles. The van der Waals surface area contributed by atoms with Crippen LogP contribution < -0.4 is 5.56 Å². The van der Waals surface area contributed by atoms with Gasteiger partial charge < -0.3 is 4.74 Å². The van der Waals surface area contributed by atoms with Crippen molar-refractivity contribution in [1.29, 1.82) is 0 Å². The van der Waals surface area contributed by atoms with Crippen LogP contribution in [0.4, 0.5) is 0 Å². The smallest absolute Gasteiger partial charge is 0.261 e. The molecular formula is C18H24N2O2. The van der Waals surface area contributed by atoms with Gasteiger partial charge in [0.1, 0.15) is 0 Å². The van der Waals surface area contributed by atoms with Gasteiger partial charge >= 0.3 is 0 Å². The lowest BCUT2D eigenvalue weighted by molar-refractivity contribution is 0.102. The standard InChI is InChI=1S/C18H24N2O2/c1-13-8-9-16-17(14(13)2)19-12-20(18(16)21)10-4-3-6-15-7-5-11-22-15/h8-9,12,15H,3-7,10-11H2,1-2H3/t15-/m0/s1. The van der Waals surface area contributed by atoms with Crippen LogP contribution in [0.2, 0.25) is 0 Å². The Morgan fingerprint density at radius 3 is 2.95 bits per heavy atom. The number of fused-ring (bicyclic) bond motifs is 1. The van der Waals surface area contributed by atoms with Gasteiger partial charge in [-0.25, -0.2) is 4.98 Å². The number of nitrogens with zero attached hydrogens (tertiary/aromatic N) is 2. The van der Waals surface area contributed by atoms with Crippen molar-refractivity contribution >= 4 is 10.9 Å². The minimum absolute atomic E-state index is 0.0743. The van der Waals surface area contributed by atoms with Crippen LogP contribution in [0.25, 0.3) is 10.9 Å². The van der Waals surface area contributed by atoms with Crippen LogP contribution in [0.5, 0.6) is 0 Å². The van der Waals surface area contributed by atoms with E-state index in [0.717, 1.165) is 48.9 Å². The van der Waals surface area contributed by atoms with E-state index in [4.69, 9.17) is 4.74 Å². The summed E-state index contributed by atoms with van der Waals surface area (Å²) < 4.78 is 7.37. The lowest BCUT2D eigenvalue weighted by Gasteiger charge is -2.11. The topological polar surface area (TPSA) is 44.1 Å². The Bertz CT molecular complexity index is 715. The Balaban J connectivity index is 1.68. The fraction of sp³-hybridized carbons (Fsp3) is 0.556. The number of hydrogen-bond acceptors (Lipinski definition) is 3. The monoisotopic (exact) mass is 300 g/mol. The Kier molecular flexibility index (Phi) is 4.57. The quantitative estimate of drug-likeness (QED) is 0.795. The molecule has 4 heteroatoms. The third kappa shape index (κ3) is 3.07. The molecule has 1 aliphatic rings. The number of rotatable bonds is 5. The highest BCUT2D eigenvalue weighted by molar-refractivity contribution is 5.81. The maximum absolute atomic E-state index is 12.5. The fourth-order valence-corrected chi connectivity index (χ4v) is 3.16. The molecule has 0 aliphatic carbocycles. The zero-order valence-electron chi connectivity index (χ0n) is 13.5. The zero-order valence-corrected chi connectivity index (χ0v) is 13.5. The van der Waals surface area contributed by atoms with Crippen molar-refractivity contribution in [1.82, 2.24) is 9.55 Å². The summed E-state index contributed by atoms with van der Waals surface area (Å²) in [5.74, 6) is 0. The largest absolute Gasteiger partial charge is 0.378 e. The summed E-state index contributed by atoms with van der Waals surface area (Å²) in [7, 11) is 0. The molecule has 0 amide bonds. The molecule has 0 radical (unpaired) electrons. The van der Waals surface area contributed by atoms with E-state index in [0.29, 0.717) is 6.10 Å². The number of aromatic nitrogens is 2. The van der Waals surface area contributed by atoms with Gasteiger partial charge in [0, 0.05) is 13.2 Å². The van der Waals surface area contributed by atoms with Gasteiger partial charge in [0.05, 0.1) is 23.3 Å². The van der Waals surface area contributed by atoms with E-state index < -0.39 is 0 Å². The third-order valence-corrected chi connectivity index (χ3v) is 4.72.